The van der Waals surface area contributed by atoms with Crippen LogP contribution in [0, 0.1) is 17.5 Å². The Kier molecular flexibility index (Phi) is 2.93. The Morgan fingerprint density at radius 2 is 1.80 bits per heavy atom. The van der Waals surface area contributed by atoms with Gasteiger partial charge in [0.1, 0.15) is 18.1 Å². The zero-order valence-corrected chi connectivity index (χ0v) is 10.2. The van der Waals surface area contributed by atoms with Gasteiger partial charge in [0.2, 0.25) is 0 Å². The number of hydrogen-bond donors (Lipinski definition) is 2. The quantitative estimate of drug-likeness (QED) is 0.829. The molecule has 0 fully saturated rings. The maximum atomic E-state index is 13.1. The van der Waals surface area contributed by atoms with Crippen LogP contribution < -0.4 is 10.1 Å². The van der Waals surface area contributed by atoms with Gasteiger partial charge in [-0.2, -0.15) is 0 Å². The highest BCUT2D eigenvalue weighted by Crippen LogP contribution is 2.36. The zero-order valence-electron chi connectivity index (χ0n) is 10.2. The van der Waals surface area contributed by atoms with Gasteiger partial charge in [0.05, 0.1) is 6.04 Å². The summed E-state index contributed by atoms with van der Waals surface area (Å²) < 4.78 is 44.5. The number of halogens is 3. The van der Waals surface area contributed by atoms with Crippen LogP contribution in [0.4, 0.5) is 18.9 Å². The summed E-state index contributed by atoms with van der Waals surface area (Å²) in [4.78, 5) is 0. The maximum Gasteiger partial charge on any atom is 0.194 e. The molecule has 3 nitrogen and oxygen atoms in total. The van der Waals surface area contributed by atoms with Crippen LogP contribution in [0.1, 0.15) is 11.6 Å². The summed E-state index contributed by atoms with van der Waals surface area (Å²) >= 11 is 0. The number of rotatable bonds is 2. The Hall–Kier alpha value is -2.37. The molecule has 2 N–H and O–H groups in total. The number of fused-ring (bicyclic) bond motifs is 1. The lowest BCUT2D eigenvalue weighted by Gasteiger charge is -2.13. The topological polar surface area (TPSA) is 41.5 Å². The average Bonchev–Trinajstić information content (AvgIpc) is 2.78. The van der Waals surface area contributed by atoms with Gasteiger partial charge in [0, 0.05) is 29.4 Å². The van der Waals surface area contributed by atoms with E-state index >= 15 is 0 Å². The van der Waals surface area contributed by atoms with Crippen molar-refractivity contribution in [2.75, 3.05) is 11.9 Å². The molecule has 0 amide bonds. The summed E-state index contributed by atoms with van der Waals surface area (Å²) in [5.74, 6) is -3.42. The molecule has 0 aliphatic carbocycles. The van der Waals surface area contributed by atoms with Gasteiger partial charge in [0.15, 0.2) is 17.5 Å². The molecule has 1 aliphatic heterocycles. The Labute approximate surface area is 112 Å². The lowest BCUT2D eigenvalue weighted by Crippen LogP contribution is -2.12. The Morgan fingerprint density at radius 3 is 2.50 bits per heavy atom. The van der Waals surface area contributed by atoms with Crippen molar-refractivity contribution in [2.45, 2.75) is 6.04 Å². The maximum absolute atomic E-state index is 13.1. The van der Waals surface area contributed by atoms with Crippen molar-refractivity contribution < 1.29 is 23.0 Å². The van der Waals surface area contributed by atoms with E-state index in [1.54, 1.807) is 6.07 Å². The molecular formula is C14H10F3NO2. The van der Waals surface area contributed by atoms with Crippen LogP contribution in [-0.2, 0) is 0 Å². The standard InChI is InChI=1S/C14H10F3NO2/c15-10-3-7(4-11(16)14(10)17)18-12-6-20-13-5-8(19)1-2-9(12)13/h1-5,12,18-19H,6H2. The third-order valence-electron chi connectivity index (χ3n) is 3.10. The fraction of sp³-hybridized carbons (Fsp3) is 0.143. The first-order chi connectivity index (χ1) is 9.54. The van der Waals surface area contributed by atoms with E-state index in [0.717, 1.165) is 17.7 Å². The number of aromatic hydroxyl groups is 1. The molecule has 1 aliphatic rings. The molecule has 104 valence electrons. The Balaban J connectivity index is 1.87. The number of phenols is 1. The van der Waals surface area contributed by atoms with Gasteiger partial charge in [-0.15, -0.1) is 0 Å². The van der Waals surface area contributed by atoms with Gasteiger partial charge < -0.3 is 15.2 Å². The van der Waals surface area contributed by atoms with Crippen molar-refractivity contribution >= 4 is 5.69 Å². The van der Waals surface area contributed by atoms with Crippen LogP contribution >= 0.6 is 0 Å². The van der Waals surface area contributed by atoms with Crippen LogP contribution in [0.25, 0.3) is 0 Å². The highest BCUT2D eigenvalue weighted by molar-refractivity contribution is 5.51. The van der Waals surface area contributed by atoms with E-state index in [-0.39, 0.29) is 24.1 Å². The monoisotopic (exact) mass is 281 g/mol. The molecule has 0 aromatic heterocycles. The molecule has 2 aromatic rings. The molecule has 0 spiro atoms. The molecule has 0 saturated heterocycles. The molecule has 0 radical (unpaired) electrons. The van der Waals surface area contributed by atoms with Gasteiger partial charge in [-0.1, -0.05) is 0 Å². The molecule has 1 heterocycles. The van der Waals surface area contributed by atoms with E-state index in [4.69, 9.17) is 4.74 Å². The molecular weight excluding hydrogens is 271 g/mol. The normalized spacial score (nSPS) is 16.6. The van der Waals surface area contributed by atoms with E-state index in [1.807, 2.05) is 0 Å². The lowest BCUT2D eigenvalue weighted by atomic mass is 10.1. The van der Waals surface area contributed by atoms with E-state index < -0.39 is 17.5 Å². The molecule has 1 unspecified atom stereocenters. The second-order valence-corrected chi connectivity index (χ2v) is 4.48. The number of benzene rings is 2. The predicted molar refractivity (Wildman–Crippen MR) is 66.3 cm³/mol. The largest absolute Gasteiger partial charge is 0.508 e. The van der Waals surface area contributed by atoms with Gasteiger partial charge in [-0.3, -0.25) is 0 Å². The zero-order chi connectivity index (χ0) is 14.3. The van der Waals surface area contributed by atoms with E-state index in [1.165, 1.54) is 12.1 Å². The fourth-order valence-corrected chi connectivity index (χ4v) is 2.16. The van der Waals surface area contributed by atoms with E-state index in [9.17, 15) is 18.3 Å². The summed E-state index contributed by atoms with van der Waals surface area (Å²) in [5, 5.41) is 12.2. The first-order valence-corrected chi connectivity index (χ1v) is 5.91. The second-order valence-electron chi connectivity index (χ2n) is 4.48. The molecule has 0 bridgehead atoms. The number of phenolic OH excluding ortho intramolecular Hbond substituents is 1. The lowest BCUT2D eigenvalue weighted by molar-refractivity contribution is 0.338. The summed E-state index contributed by atoms with van der Waals surface area (Å²) in [6.07, 6.45) is 0. The number of hydrogen-bond acceptors (Lipinski definition) is 3. The molecule has 2 aromatic carbocycles. The van der Waals surface area contributed by atoms with Crippen LogP contribution in [0.3, 0.4) is 0 Å². The highest BCUT2D eigenvalue weighted by Gasteiger charge is 2.25. The molecule has 1 atom stereocenters. The molecule has 20 heavy (non-hydrogen) atoms. The van der Waals surface area contributed by atoms with Crippen LogP contribution in [-0.4, -0.2) is 11.7 Å². The van der Waals surface area contributed by atoms with Gasteiger partial charge in [0.25, 0.3) is 0 Å². The summed E-state index contributed by atoms with van der Waals surface area (Å²) in [6.45, 7) is 0.249. The third kappa shape index (κ3) is 2.13. The van der Waals surface area contributed by atoms with Crippen LogP contribution in [0.5, 0.6) is 11.5 Å². The van der Waals surface area contributed by atoms with Gasteiger partial charge in [-0.25, -0.2) is 13.2 Å². The fourth-order valence-electron chi connectivity index (χ4n) is 2.16. The first-order valence-electron chi connectivity index (χ1n) is 5.91. The highest BCUT2D eigenvalue weighted by atomic mass is 19.2. The van der Waals surface area contributed by atoms with Crippen molar-refractivity contribution in [3.05, 3.63) is 53.3 Å². The van der Waals surface area contributed by atoms with Crippen molar-refractivity contribution in [1.29, 1.82) is 0 Å². The van der Waals surface area contributed by atoms with Crippen LogP contribution in [0.15, 0.2) is 30.3 Å². The van der Waals surface area contributed by atoms with E-state index in [0.29, 0.717) is 5.75 Å². The summed E-state index contributed by atoms with van der Waals surface area (Å²) in [7, 11) is 0. The molecule has 0 saturated carbocycles. The average molecular weight is 281 g/mol. The Bertz CT molecular complexity index is 652. The summed E-state index contributed by atoms with van der Waals surface area (Å²) in [5.41, 5.74) is 0.879. The first kappa shape index (κ1) is 12.7. The SMILES string of the molecule is Oc1ccc2c(c1)OCC2Nc1cc(F)c(F)c(F)c1. The van der Waals surface area contributed by atoms with Crippen molar-refractivity contribution in [3.8, 4) is 11.5 Å². The minimum Gasteiger partial charge on any atom is -0.508 e. The second kappa shape index (κ2) is 4.63. The number of ether oxygens (including phenoxy) is 1. The Morgan fingerprint density at radius 1 is 1.10 bits per heavy atom. The summed E-state index contributed by atoms with van der Waals surface area (Å²) in [6, 6.07) is 6.06. The van der Waals surface area contributed by atoms with Gasteiger partial charge >= 0.3 is 0 Å². The van der Waals surface area contributed by atoms with E-state index in [2.05, 4.69) is 5.32 Å². The predicted octanol–water partition coefficient (Wildman–Crippen LogP) is 3.36. The van der Waals surface area contributed by atoms with Crippen molar-refractivity contribution in [2.24, 2.45) is 0 Å². The van der Waals surface area contributed by atoms with Gasteiger partial charge in [-0.05, 0) is 12.1 Å². The molecule has 3 rings (SSSR count). The third-order valence-corrected chi connectivity index (χ3v) is 3.10. The number of anilines is 1. The molecule has 6 heteroatoms. The number of nitrogens with one attached hydrogen (secondary N) is 1. The van der Waals surface area contributed by atoms with Crippen LogP contribution in [0.2, 0.25) is 0 Å². The minimum atomic E-state index is -1.50. The van der Waals surface area contributed by atoms with Crippen molar-refractivity contribution in [3.63, 3.8) is 0 Å². The smallest absolute Gasteiger partial charge is 0.194 e. The minimum absolute atomic E-state index is 0.0725. The van der Waals surface area contributed by atoms with Crippen molar-refractivity contribution in [1.82, 2.24) is 0 Å².